The summed E-state index contributed by atoms with van der Waals surface area (Å²) in [6.45, 7) is 4.33. The van der Waals surface area contributed by atoms with Gasteiger partial charge in [-0.15, -0.1) is 0 Å². The van der Waals surface area contributed by atoms with Crippen molar-refractivity contribution >= 4 is 0 Å². The summed E-state index contributed by atoms with van der Waals surface area (Å²) in [6.07, 6.45) is 2.00. The van der Waals surface area contributed by atoms with Crippen molar-refractivity contribution < 1.29 is 0 Å². The molecule has 1 saturated heterocycles. The zero-order valence-corrected chi connectivity index (χ0v) is 13.3. The van der Waals surface area contributed by atoms with Gasteiger partial charge in [0.2, 0.25) is 0 Å². The minimum atomic E-state index is 0.223. The summed E-state index contributed by atoms with van der Waals surface area (Å²) in [6, 6.07) is 12.4. The van der Waals surface area contributed by atoms with Crippen LogP contribution in [-0.2, 0) is 6.54 Å². The van der Waals surface area contributed by atoms with E-state index in [1.54, 1.807) is 0 Å². The van der Waals surface area contributed by atoms with Gasteiger partial charge in [-0.25, -0.2) is 0 Å². The first kappa shape index (κ1) is 15.8. The summed E-state index contributed by atoms with van der Waals surface area (Å²) >= 11 is 0. The van der Waals surface area contributed by atoms with Gasteiger partial charge in [0.15, 0.2) is 0 Å². The van der Waals surface area contributed by atoms with Gasteiger partial charge >= 0.3 is 0 Å². The Bertz CT molecular complexity index is 683. The Labute approximate surface area is 132 Å². The summed E-state index contributed by atoms with van der Waals surface area (Å²) in [4.78, 5) is 4.22. The summed E-state index contributed by atoms with van der Waals surface area (Å²) in [5.74, 6) is 0. The van der Waals surface area contributed by atoms with Crippen LogP contribution in [0.2, 0.25) is 0 Å². The molecule has 1 fully saturated rings. The first-order valence-corrected chi connectivity index (χ1v) is 7.23. The van der Waals surface area contributed by atoms with Gasteiger partial charge in [0.05, 0.1) is 0 Å². The fourth-order valence-corrected chi connectivity index (χ4v) is 2.69. The number of nitriles is 2. The molecule has 0 spiro atoms. The molecule has 0 N–H and O–H groups in total. The van der Waals surface area contributed by atoms with E-state index in [9.17, 15) is 0 Å². The van der Waals surface area contributed by atoms with Crippen molar-refractivity contribution in [3.05, 3.63) is 58.3 Å². The Kier molecular flexibility index (Phi) is 4.99. The molecule has 0 amide bonds. The van der Waals surface area contributed by atoms with Crippen molar-refractivity contribution in [2.75, 3.05) is 27.2 Å². The van der Waals surface area contributed by atoms with E-state index >= 15 is 0 Å². The summed E-state index contributed by atoms with van der Waals surface area (Å²) in [5, 5.41) is 18.3. The third-order valence-electron chi connectivity index (χ3n) is 3.76. The van der Waals surface area contributed by atoms with Crippen molar-refractivity contribution in [3.63, 3.8) is 0 Å². The number of aryl methyl sites for hydroxylation is 1. The van der Waals surface area contributed by atoms with Gasteiger partial charge in [-0.3, -0.25) is 4.90 Å². The Morgan fingerprint density at radius 3 is 2.50 bits per heavy atom. The van der Waals surface area contributed by atoms with Gasteiger partial charge in [-0.05, 0) is 23.6 Å². The van der Waals surface area contributed by atoms with E-state index in [1.807, 2.05) is 49.5 Å². The zero-order valence-electron chi connectivity index (χ0n) is 13.3. The highest BCUT2D eigenvalue weighted by Crippen LogP contribution is 2.27. The third kappa shape index (κ3) is 3.55. The molecule has 0 aliphatic carbocycles. The molecule has 0 radical (unpaired) electrons. The number of rotatable bonds is 3. The monoisotopic (exact) mass is 292 g/mol. The fraction of sp³-hybridized carbons (Fsp3) is 0.333. The first-order valence-electron chi connectivity index (χ1n) is 7.23. The molecule has 0 saturated carbocycles. The Balaban J connectivity index is 2.29. The normalized spacial score (nSPS) is 16.4. The number of benzene rings is 1. The highest BCUT2D eigenvalue weighted by Gasteiger charge is 2.25. The molecule has 112 valence electrons. The number of allylic oxidation sites excluding steroid dienone is 1. The van der Waals surface area contributed by atoms with Crippen LogP contribution in [0.3, 0.4) is 0 Å². The zero-order chi connectivity index (χ0) is 16.1. The maximum absolute atomic E-state index is 9.17. The second kappa shape index (κ2) is 6.93. The molecule has 22 heavy (non-hydrogen) atoms. The molecule has 2 rings (SSSR count). The van der Waals surface area contributed by atoms with Crippen LogP contribution < -0.4 is 0 Å². The maximum Gasteiger partial charge on any atom is 0.134 e. The molecule has 1 aliphatic rings. The topological polar surface area (TPSA) is 54.1 Å². The summed E-state index contributed by atoms with van der Waals surface area (Å²) in [7, 11) is 3.90. The van der Waals surface area contributed by atoms with Crippen LogP contribution in [-0.4, -0.2) is 37.0 Å². The van der Waals surface area contributed by atoms with E-state index in [2.05, 4.69) is 24.0 Å². The van der Waals surface area contributed by atoms with Gasteiger partial charge in [0.1, 0.15) is 17.7 Å². The van der Waals surface area contributed by atoms with Crippen molar-refractivity contribution in [2.45, 2.75) is 13.5 Å². The van der Waals surface area contributed by atoms with Crippen LogP contribution >= 0.6 is 0 Å². The second-order valence-electron chi connectivity index (χ2n) is 5.77. The van der Waals surface area contributed by atoms with Gasteiger partial charge < -0.3 is 4.90 Å². The Hall–Kier alpha value is -2.56. The number of hydrogen-bond acceptors (Lipinski definition) is 4. The van der Waals surface area contributed by atoms with E-state index in [-0.39, 0.29) is 5.57 Å². The minimum absolute atomic E-state index is 0.223. The smallest absolute Gasteiger partial charge is 0.134 e. The van der Waals surface area contributed by atoms with Crippen LogP contribution in [0.1, 0.15) is 11.1 Å². The highest BCUT2D eigenvalue weighted by molar-refractivity contribution is 5.52. The molecule has 1 heterocycles. The Morgan fingerprint density at radius 1 is 1.23 bits per heavy atom. The fourth-order valence-electron chi connectivity index (χ4n) is 2.69. The van der Waals surface area contributed by atoms with Crippen LogP contribution in [0.4, 0.5) is 0 Å². The van der Waals surface area contributed by atoms with Gasteiger partial charge in [-0.1, -0.05) is 24.3 Å². The predicted molar refractivity (Wildman–Crippen MR) is 86.5 cm³/mol. The van der Waals surface area contributed by atoms with Gasteiger partial charge in [0, 0.05) is 45.5 Å². The van der Waals surface area contributed by atoms with Crippen molar-refractivity contribution in [3.8, 4) is 12.1 Å². The standard InChI is InChI=1S/C18H20N4/c1-14-6-4-5-7-15(14)11-22-12-17(10-21(2)3)18(13-22)16(8-19)9-20/h4-7,10H,11-13H2,1-3H3/b17-10-. The summed E-state index contributed by atoms with van der Waals surface area (Å²) < 4.78 is 0. The first-order chi connectivity index (χ1) is 10.5. The van der Waals surface area contributed by atoms with Crippen molar-refractivity contribution in [1.29, 1.82) is 10.5 Å². The average Bonchev–Trinajstić information content (AvgIpc) is 2.85. The lowest BCUT2D eigenvalue weighted by Crippen LogP contribution is -2.19. The largest absolute Gasteiger partial charge is 0.383 e. The van der Waals surface area contributed by atoms with E-state index < -0.39 is 0 Å². The molecule has 0 unspecified atom stereocenters. The Morgan fingerprint density at radius 2 is 1.91 bits per heavy atom. The molecule has 0 aromatic heterocycles. The number of hydrogen-bond donors (Lipinski definition) is 0. The molecule has 0 atom stereocenters. The van der Waals surface area contributed by atoms with E-state index in [0.29, 0.717) is 6.54 Å². The molecule has 0 bridgehead atoms. The predicted octanol–water partition coefficient (Wildman–Crippen LogP) is 2.60. The van der Waals surface area contributed by atoms with Crippen LogP contribution in [0.5, 0.6) is 0 Å². The lowest BCUT2D eigenvalue weighted by atomic mass is 10.1. The van der Waals surface area contributed by atoms with Crippen LogP contribution in [0, 0.1) is 29.6 Å². The maximum atomic E-state index is 9.17. The lowest BCUT2D eigenvalue weighted by molar-refractivity contribution is 0.345. The molecule has 1 aromatic carbocycles. The molecular formula is C18H20N4. The number of likely N-dealkylation sites (tertiary alicyclic amines) is 1. The lowest BCUT2D eigenvalue weighted by Gasteiger charge is -2.15. The molecule has 4 heteroatoms. The van der Waals surface area contributed by atoms with Crippen molar-refractivity contribution in [1.82, 2.24) is 9.80 Å². The molecule has 4 nitrogen and oxygen atoms in total. The van der Waals surface area contributed by atoms with E-state index in [1.165, 1.54) is 11.1 Å². The molecule has 1 aromatic rings. The van der Waals surface area contributed by atoms with Crippen LogP contribution in [0.25, 0.3) is 0 Å². The molecule has 1 aliphatic heterocycles. The van der Waals surface area contributed by atoms with Gasteiger partial charge in [0.25, 0.3) is 0 Å². The minimum Gasteiger partial charge on any atom is -0.383 e. The molecular weight excluding hydrogens is 272 g/mol. The summed E-state index contributed by atoms with van der Waals surface area (Å²) in [5.41, 5.74) is 4.67. The SMILES string of the molecule is Cc1ccccc1CN1CC(=C(C#N)C#N)/C(=C\N(C)C)C1. The van der Waals surface area contributed by atoms with Gasteiger partial charge in [-0.2, -0.15) is 10.5 Å². The second-order valence-corrected chi connectivity index (χ2v) is 5.77. The highest BCUT2D eigenvalue weighted by atomic mass is 15.1. The van der Waals surface area contributed by atoms with E-state index in [4.69, 9.17) is 10.5 Å². The van der Waals surface area contributed by atoms with Crippen molar-refractivity contribution in [2.24, 2.45) is 0 Å². The van der Waals surface area contributed by atoms with Crippen LogP contribution in [0.15, 0.2) is 47.2 Å². The number of nitrogens with zero attached hydrogens (tertiary/aromatic N) is 4. The third-order valence-corrected chi connectivity index (χ3v) is 3.76. The quantitative estimate of drug-likeness (QED) is 0.804. The average molecular weight is 292 g/mol. The van der Waals surface area contributed by atoms with E-state index in [0.717, 1.165) is 24.2 Å².